The van der Waals surface area contributed by atoms with E-state index < -0.39 is 0 Å². The van der Waals surface area contributed by atoms with Gasteiger partial charge in [0.25, 0.3) is 5.91 Å². The number of nitrogens with zero attached hydrogens (tertiary/aromatic N) is 2. The zero-order valence-electron chi connectivity index (χ0n) is 15.5. The van der Waals surface area contributed by atoms with Crippen molar-refractivity contribution in [1.82, 2.24) is 4.57 Å². The van der Waals surface area contributed by atoms with Crippen LogP contribution in [-0.4, -0.2) is 23.6 Å². The molecule has 0 bridgehead atoms. The number of fused-ring (bicyclic) bond motifs is 1. The Bertz CT molecular complexity index is 1020. The van der Waals surface area contributed by atoms with Gasteiger partial charge in [-0.3, -0.25) is 9.59 Å². The first-order valence-electron chi connectivity index (χ1n) is 8.91. The van der Waals surface area contributed by atoms with Crippen LogP contribution in [0, 0.1) is 0 Å². The molecule has 0 N–H and O–H groups in total. The van der Waals surface area contributed by atoms with Gasteiger partial charge in [-0.05, 0) is 29.7 Å². The summed E-state index contributed by atoms with van der Waals surface area (Å²) in [5, 5.41) is 0. The van der Waals surface area contributed by atoms with Crippen molar-refractivity contribution in [1.29, 1.82) is 0 Å². The second kappa shape index (κ2) is 8.77. The Balaban J connectivity index is 1.98. The van der Waals surface area contributed by atoms with Gasteiger partial charge in [-0.2, -0.15) is 4.99 Å². The van der Waals surface area contributed by atoms with Crippen LogP contribution < -0.4 is 4.80 Å². The van der Waals surface area contributed by atoms with Crippen molar-refractivity contribution in [2.45, 2.75) is 32.7 Å². The van der Waals surface area contributed by atoms with Crippen LogP contribution in [0.15, 0.2) is 53.5 Å². The lowest BCUT2D eigenvalue weighted by Gasteiger charge is -2.05. The second-order valence-corrected chi connectivity index (χ2v) is 7.20. The van der Waals surface area contributed by atoms with E-state index in [0.29, 0.717) is 11.3 Å². The molecule has 0 unspecified atom stereocenters. The molecule has 0 aliphatic heterocycles. The highest BCUT2D eigenvalue weighted by Gasteiger charge is 2.11. The predicted octanol–water partition coefficient (Wildman–Crippen LogP) is 3.50. The molecule has 1 aromatic heterocycles. The van der Waals surface area contributed by atoms with Gasteiger partial charge in [0.1, 0.15) is 0 Å². The van der Waals surface area contributed by atoms with Crippen LogP contribution >= 0.6 is 11.3 Å². The highest BCUT2D eigenvalue weighted by Crippen LogP contribution is 2.20. The fourth-order valence-electron chi connectivity index (χ4n) is 2.86. The molecule has 5 nitrogen and oxygen atoms in total. The van der Waals surface area contributed by atoms with Gasteiger partial charge in [0.05, 0.1) is 30.2 Å². The predicted molar refractivity (Wildman–Crippen MR) is 107 cm³/mol. The number of hydrogen-bond donors (Lipinski definition) is 0. The van der Waals surface area contributed by atoms with E-state index in [-0.39, 0.29) is 24.7 Å². The van der Waals surface area contributed by atoms with Crippen LogP contribution in [0.25, 0.3) is 10.2 Å². The Morgan fingerprint density at radius 3 is 2.59 bits per heavy atom. The lowest BCUT2D eigenvalue weighted by molar-refractivity contribution is -0.140. The number of amides is 1. The van der Waals surface area contributed by atoms with Gasteiger partial charge in [0.15, 0.2) is 4.80 Å². The number of thiazole rings is 1. The zero-order valence-corrected chi connectivity index (χ0v) is 16.3. The van der Waals surface area contributed by atoms with Crippen molar-refractivity contribution < 1.29 is 14.3 Å². The van der Waals surface area contributed by atoms with Crippen molar-refractivity contribution in [3.8, 4) is 0 Å². The Hall–Kier alpha value is -2.73. The molecule has 0 aliphatic rings. The number of ether oxygens (including phenoxy) is 1. The quantitative estimate of drug-likeness (QED) is 0.613. The van der Waals surface area contributed by atoms with Crippen LogP contribution in [0.1, 0.15) is 24.5 Å². The molecule has 0 fully saturated rings. The molecule has 6 heteroatoms. The number of carbonyl (C=O) groups excluding carboxylic acids is 2. The molecule has 3 aromatic rings. The number of aromatic nitrogens is 1. The minimum Gasteiger partial charge on any atom is -0.469 e. The zero-order chi connectivity index (χ0) is 19.2. The molecule has 0 spiro atoms. The van der Waals surface area contributed by atoms with Gasteiger partial charge in [0.2, 0.25) is 0 Å². The largest absolute Gasteiger partial charge is 0.469 e. The van der Waals surface area contributed by atoms with E-state index in [1.165, 1.54) is 24.0 Å². The summed E-state index contributed by atoms with van der Waals surface area (Å²) in [7, 11) is 1.38. The monoisotopic (exact) mass is 382 g/mol. The third-order valence-corrected chi connectivity index (χ3v) is 5.38. The lowest BCUT2D eigenvalue weighted by atomic mass is 10.1. The topological polar surface area (TPSA) is 60.7 Å². The van der Waals surface area contributed by atoms with Crippen LogP contribution in [0.5, 0.6) is 0 Å². The van der Waals surface area contributed by atoms with E-state index in [0.717, 1.165) is 22.2 Å². The van der Waals surface area contributed by atoms with Crippen molar-refractivity contribution >= 4 is 33.4 Å². The summed E-state index contributed by atoms with van der Waals surface area (Å²) in [6.07, 6.45) is 1.43. The SMILES string of the molecule is CCc1ccc2c(c1)sc(=NC(=O)Cc1ccccc1)n2CCC(=O)OC. The van der Waals surface area contributed by atoms with Gasteiger partial charge in [-0.1, -0.05) is 54.7 Å². The summed E-state index contributed by atoms with van der Waals surface area (Å²) in [6, 6.07) is 15.8. The van der Waals surface area contributed by atoms with Gasteiger partial charge in [0, 0.05) is 6.54 Å². The molecule has 0 aliphatic carbocycles. The highest BCUT2D eigenvalue weighted by atomic mass is 32.1. The average Bonchev–Trinajstić information content (AvgIpc) is 3.02. The van der Waals surface area contributed by atoms with Gasteiger partial charge >= 0.3 is 5.97 Å². The van der Waals surface area contributed by atoms with E-state index in [1.54, 1.807) is 0 Å². The first-order valence-corrected chi connectivity index (χ1v) is 9.73. The summed E-state index contributed by atoms with van der Waals surface area (Å²) in [4.78, 5) is 29.0. The first kappa shape index (κ1) is 19.0. The summed E-state index contributed by atoms with van der Waals surface area (Å²) in [5.41, 5.74) is 3.14. The fraction of sp³-hybridized carbons (Fsp3) is 0.286. The smallest absolute Gasteiger partial charge is 0.307 e. The molecule has 0 radical (unpaired) electrons. The maximum absolute atomic E-state index is 12.5. The molecule has 2 aromatic carbocycles. The van der Waals surface area contributed by atoms with Gasteiger partial charge in [-0.25, -0.2) is 0 Å². The van der Waals surface area contributed by atoms with E-state index in [2.05, 4.69) is 24.0 Å². The third-order valence-electron chi connectivity index (χ3n) is 4.34. The summed E-state index contributed by atoms with van der Waals surface area (Å²) in [5.74, 6) is -0.483. The molecule has 1 amide bonds. The minimum absolute atomic E-state index is 0.199. The van der Waals surface area contributed by atoms with E-state index in [9.17, 15) is 9.59 Å². The number of hydrogen-bond acceptors (Lipinski definition) is 4. The van der Waals surface area contributed by atoms with Crippen LogP contribution in [0.3, 0.4) is 0 Å². The molecule has 27 heavy (non-hydrogen) atoms. The molecule has 0 saturated carbocycles. The van der Waals surface area contributed by atoms with E-state index in [1.807, 2.05) is 41.0 Å². The standard InChI is InChI=1S/C21H22N2O3S/c1-3-15-9-10-17-18(13-15)27-21(23(17)12-11-20(25)26-2)22-19(24)14-16-7-5-4-6-8-16/h4-10,13H,3,11-12,14H2,1-2H3. The molecular weight excluding hydrogens is 360 g/mol. The number of esters is 1. The Morgan fingerprint density at radius 1 is 1.11 bits per heavy atom. The molecular formula is C21H22N2O3S. The number of carbonyl (C=O) groups is 2. The minimum atomic E-state index is -0.284. The van der Waals surface area contributed by atoms with E-state index >= 15 is 0 Å². The van der Waals surface area contributed by atoms with Gasteiger partial charge < -0.3 is 9.30 Å². The third kappa shape index (κ3) is 4.71. The van der Waals surface area contributed by atoms with Crippen molar-refractivity contribution in [2.75, 3.05) is 7.11 Å². The Kier molecular flexibility index (Phi) is 6.19. The average molecular weight is 382 g/mol. The number of rotatable bonds is 6. The summed E-state index contributed by atoms with van der Waals surface area (Å²) >= 11 is 1.47. The summed E-state index contributed by atoms with van der Waals surface area (Å²) < 4.78 is 7.74. The first-order chi connectivity index (χ1) is 13.1. The molecule has 0 saturated heterocycles. The molecule has 3 rings (SSSR count). The maximum Gasteiger partial charge on any atom is 0.307 e. The van der Waals surface area contributed by atoms with Crippen LogP contribution in [0.4, 0.5) is 0 Å². The second-order valence-electron chi connectivity index (χ2n) is 6.19. The highest BCUT2D eigenvalue weighted by molar-refractivity contribution is 7.16. The Labute approximate surface area is 161 Å². The number of benzene rings is 2. The molecule has 0 atom stereocenters. The molecule has 140 valence electrons. The molecule has 1 heterocycles. The summed E-state index contributed by atoms with van der Waals surface area (Å²) in [6.45, 7) is 2.53. The van der Waals surface area contributed by atoms with Gasteiger partial charge in [-0.15, -0.1) is 0 Å². The van der Waals surface area contributed by atoms with E-state index in [4.69, 9.17) is 4.74 Å². The lowest BCUT2D eigenvalue weighted by Crippen LogP contribution is -2.19. The van der Waals surface area contributed by atoms with Crippen molar-refractivity contribution in [2.24, 2.45) is 4.99 Å². The Morgan fingerprint density at radius 2 is 1.89 bits per heavy atom. The maximum atomic E-state index is 12.5. The van der Waals surface area contributed by atoms with Crippen LogP contribution in [0.2, 0.25) is 0 Å². The normalized spacial score (nSPS) is 11.7. The van der Waals surface area contributed by atoms with Crippen LogP contribution in [-0.2, 0) is 33.7 Å². The number of methoxy groups -OCH3 is 1. The number of aryl methyl sites for hydroxylation is 2. The van der Waals surface area contributed by atoms with Crippen molar-refractivity contribution in [3.63, 3.8) is 0 Å². The van der Waals surface area contributed by atoms with Crippen molar-refractivity contribution in [3.05, 3.63) is 64.5 Å². The fourth-order valence-corrected chi connectivity index (χ4v) is 4.00.